The average molecular weight is 458 g/mol. The summed E-state index contributed by atoms with van der Waals surface area (Å²) in [5, 5.41) is 5.46. The Kier molecular flexibility index (Phi) is 7.21. The third-order valence-corrected chi connectivity index (χ3v) is 5.18. The number of carbonyl (C=O) groups excluding carboxylic acids is 5. The predicted molar refractivity (Wildman–Crippen MR) is 115 cm³/mol. The molecule has 0 radical (unpaired) electrons. The Morgan fingerprint density at radius 1 is 0.969 bits per heavy atom. The number of halogens is 1. The summed E-state index contributed by atoms with van der Waals surface area (Å²) in [6, 6.07) is 11.4. The van der Waals surface area contributed by atoms with Crippen LogP contribution in [0.3, 0.4) is 0 Å². The molecule has 0 saturated heterocycles. The van der Waals surface area contributed by atoms with Crippen LogP contribution < -0.4 is 10.6 Å². The van der Waals surface area contributed by atoms with Crippen molar-refractivity contribution in [3.63, 3.8) is 0 Å². The van der Waals surface area contributed by atoms with E-state index in [2.05, 4.69) is 10.6 Å². The smallest absolute Gasteiger partial charge is 0.308 e. The number of esters is 1. The van der Waals surface area contributed by atoms with Crippen molar-refractivity contribution in [1.29, 1.82) is 0 Å². The highest BCUT2D eigenvalue weighted by Gasteiger charge is 2.35. The highest BCUT2D eigenvalue weighted by molar-refractivity contribution is 6.31. The van der Waals surface area contributed by atoms with Gasteiger partial charge in [-0.2, -0.15) is 0 Å². The van der Waals surface area contributed by atoms with Crippen LogP contribution in [0.5, 0.6) is 0 Å². The van der Waals surface area contributed by atoms with Gasteiger partial charge in [0.05, 0.1) is 24.1 Å². The van der Waals surface area contributed by atoms with E-state index >= 15 is 0 Å². The van der Waals surface area contributed by atoms with Gasteiger partial charge in [-0.1, -0.05) is 29.8 Å². The molecule has 0 spiro atoms. The first-order valence-corrected chi connectivity index (χ1v) is 10.1. The molecule has 166 valence electrons. The average Bonchev–Trinajstić information content (AvgIpc) is 3.02. The van der Waals surface area contributed by atoms with Gasteiger partial charge < -0.3 is 15.4 Å². The molecule has 4 amide bonds. The van der Waals surface area contributed by atoms with Gasteiger partial charge in [0.1, 0.15) is 0 Å². The van der Waals surface area contributed by atoms with Crippen LogP contribution in [-0.4, -0.2) is 54.2 Å². The van der Waals surface area contributed by atoms with E-state index in [4.69, 9.17) is 16.3 Å². The molecule has 1 aliphatic heterocycles. The SMILES string of the molecule is Cc1c(Cl)cccc1NC(=O)CNC(=O)COC(=O)CCN1C(=O)c2ccccc2C1=O. The molecule has 1 aliphatic rings. The number of anilines is 1. The minimum atomic E-state index is -0.754. The second kappa shape index (κ2) is 10.1. The maximum absolute atomic E-state index is 12.2. The molecule has 0 bridgehead atoms. The van der Waals surface area contributed by atoms with Gasteiger partial charge in [0.2, 0.25) is 5.91 Å². The maximum atomic E-state index is 12.2. The van der Waals surface area contributed by atoms with Gasteiger partial charge in [0.15, 0.2) is 6.61 Å². The summed E-state index contributed by atoms with van der Waals surface area (Å²) in [6.07, 6.45) is -0.257. The topological polar surface area (TPSA) is 122 Å². The molecule has 0 unspecified atom stereocenters. The zero-order valence-corrected chi connectivity index (χ0v) is 17.9. The fourth-order valence-electron chi connectivity index (χ4n) is 3.03. The zero-order valence-electron chi connectivity index (χ0n) is 17.1. The lowest BCUT2D eigenvalue weighted by Crippen LogP contribution is -2.36. The van der Waals surface area contributed by atoms with Crippen molar-refractivity contribution < 1.29 is 28.7 Å². The summed E-state index contributed by atoms with van der Waals surface area (Å²) in [5.74, 6) is -2.84. The van der Waals surface area contributed by atoms with Gasteiger partial charge in [0.25, 0.3) is 17.7 Å². The number of amides is 4. The Labute approximate surface area is 188 Å². The summed E-state index contributed by atoms with van der Waals surface area (Å²) < 4.78 is 4.85. The lowest BCUT2D eigenvalue weighted by molar-refractivity contribution is -0.148. The van der Waals surface area contributed by atoms with Crippen molar-refractivity contribution >= 4 is 46.9 Å². The van der Waals surface area contributed by atoms with E-state index in [9.17, 15) is 24.0 Å². The molecular formula is C22H20ClN3O6. The molecule has 0 aromatic heterocycles. The van der Waals surface area contributed by atoms with Crippen LogP contribution in [0, 0.1) is 6.92 Å². The van der Waals surface area contributed by atoms with Gasteiger partial charge in [0, 0.05) is 17.3 Å². The molecule has 10 heteroatoms. The van der Waals surface area contributed by atoms with Gasteiger partial charge >= 0.3 is 5.97 Å². The van der Waals surface area contributed by atoms with E-state index in [0.717, 1.165) is 4.90 Å². The van der Waals surface area contributed by atoms with Crippen LogP contribution in [-0.2, 0) is 19.1 Å². The Balaban J connectivity index is 1.37. The molecule has 2 aromatic carbocycles. The molecular weight excluding hydrogens is 438 g/mol. The van der Waals surface area contributed by atoms with E-state index in [1.54, 1.807) is 49.4 Å². The number of hydrogen-bond acceptors (Lipinski definition) is 6. The van der Waals surface area contributed by atoms with Crippen LogP contribution in [0.25, 0.3) is 0 Å². The zero-order chi connectivity index (χ0) is 23.3. The second-order valence-corrected chi connectivity index (χ2v) is 7.36. The number of hydrogen-bond donors (Lipinski definition) is 2. The van der Waals surface area contributed by atoms with Gasteiger partial charge in [-0.3, -0.25) is 28.9 Å². The summed E-state index contributed by atoms with van der Waals surface area (Å²) in [7, 11) is 0. The molecule has 3 rings (SSSR count). The Morgan fingerprint density at radius 3 is 2.28 bits per heavy atom. The van der Waals surface area contributed by atoms with Crippen molar-refractivity contribution in [3.05, 3.63) is 64.2 Å². The quantitative estimate of drug-likeness (QED) is 0.461. The van der Waals surface area contributed by atoms with E-state index < -0.39 is 36.2 Å². The van der Waals surface area contributed by atoms with Crippen LogP contribution in [0.2, 0.25) is 5.02 Å². The monoisotopic (exact) mass is 457 g/mol. The summed E-state index contributed by atoms with van der Waals surface area (Å²) in [6.45, 7) is 0.675. The highest BCUT2D eigenvalue weighted by Crippen LogP contribution is 2.23. The van der Waals surface area contributed by atoms with Crippen molar-refractivity contribution in [3.8, 4) is 0 Å². The Bertz CT molecular complexity index is 1070. The third kappa shape index (κ3) is 5.30. The molecule has 0 atom stereocenters. The van der Waals surface area contributed by atoms with Gasteiger partial charge in [-0.15, -0.1) is 0 Å². The summed E-state index contributed by atoms with van der Waals surface area (Å²) in [5.41, 5.74) is 1.80. The minimum Gasteiger partial charge on any atom is -0.456 e. The van der Waals surface area contributed by atoms with E-state index in [1.165, 1.54) is 0 Å². The molecule has 1 heterocycles. The third-order valence-electron chi connectivity index (χ3n) is 4.77. The molecule has 2 N–H and O–H groups in total. The van der Waals surface area contributed by atoms with Crippen molar-refractivity contribution in [2.45, 2.75) is 13.3 Å². The standard InChI is InChI=1S/C22H20ClN3O6/c1-13-16(23)7-4-8-17(13)25-18(27)11-24-19(28)12-32-20(29)9-10-26-21(30)14-5-2-3-6-15(14)22(26)31/h2-8H,9-12H2,1H3,(H,24,28)(H,25,27). The summed E-state index contributed by atoms with van der Waals surface area (Å²) in [4.78, 5) is 61.2. The molecule has 0 saturated carbocycles. The fraction of sp³-hybridized carbons (Fsp3) is 0.227. The second-order valence-electron chi connectivity index (χ2n) is 6.96. The normalized spacial score (nSPS) is 12.4. The molecule has 2 aromatic rings. The lowest BCUT2D eigenvalue weighted by atomic mass is 10.1. The number of fused-ring (bicyclic) bond motifs is 1. The van der Waals surface area contributed by atoms with E-state index in [0.29, 0.717) is 16.3 Å². The number of imide groups is 1. The maximum Gasteiger partial charge on any atom is 0.308 e. The van der Waals surface area contributed by atoms with Crippen LogP contribution in [0.1, 0.15) is 32.7 Å². The lowest BCUT2D eigenvalue weighted by Gasteiger charge is -2.13. The Hall–Kier alpha value is -3.72. The minimum absolute atomic E-state index is 0.159. The van der Waals surface area contributed by atoms with Gasteiger partial charge in [-0.25, -0.2) is 0 Å². The highest BCUT2D eigenvalue weighted by atomic mass is 35.5. The number of nitrogens with one attached hydrogen (secondary N) is 2. The molecule has 0 aliphatic carbocycles. The van der Waals surface area contributed by atoms with Gasteiger partial charge in [-0.05, 0) is 36.8 Å². The Morgan fingerprint density at radius 2 is 1.62 bits per heavy atom. The molecule has 9 nitrogen and oxygen atoms in total. The van der Waals surface area contributed by atoms with E-state index in [1.807, 2.05) is 0 Å². The van der Waals surface area contributed by atoms with Crippen LogP contribution in [0.15, 0.2) is 42.5 Å². The first-order chi connectivity index (χ1) is 15.3. The van der Waals surface area contributed by atoms with Crippen LogP contribution >= 0.6 is 11.6 Å². The number of ether oxygens (including phenoxy) is 1. The number of carbonyl (C=O) groups is 5. The molecule has 32 heavy (non-hydrogen) atoms. The molecule has 0 fully saturated rings. The van der Waals surface area contributed by atoms with E-state index in [-0.39, 0.29) is 30.6 Å². The van der Waals surface area contributed by atoms with Crippen molar-refractivity contribution in [2.75, 3.05) is 25.0 Å². The van der Waals surface area contributed by atoms with Crippen molar-refractivity contribution in [1.82, 2.24) is 10.2 Å². The first-order valence-electron chi connectivity index (χ1n) is 9.70. The number of rotatable bonds is 8. The number of benzene rings is 2. The van der Waals surface area contributed by atoms with Crippen molar-refractivity contribution in [2.24, 2.45) is 0 Å². The number of nitrogens with zero attached hydrogens (tertiary/aromatic N) is 1. The first kappa shape index (κ1) is 23.0. The summed E-state index contributed by atoms with van der Waals surface area (Å²) >= 11 is 5.99. The van der Waals surface area contributed by atoms with Crippen LogP contribution in [0.4, 0.5) is 5.69 Å². The predicted octanol–water partition coefficient (Wildman–Crippen LogP) is 1.93. The largest absolute Gasteiger partial charge is 0.456 e. The fourth-order valence-corrected chi connectivity index (χ4v) is 3.21.